The number of amides is 4. The molecule has 0 radical (unpaired) electrons. The molecule has 12 heteroatoms. The number of methoxy groups -OCH3 is 2. The number of nitrogens with one attached hydrogen (secondary N) is 2. The highest BCUT2D eigenvalue weighted by Crippen LogP contribution is 2.29. The molecular formula is C19H28ClN5O6. The van der Waals surface area contributed by atoms with Crippen molar-refractivity contribution in [3.8, 4) is 5.75 Å². The van der Waals surface area contributed by atoms with Crippen LogP contribution in [-0.2, 0) is 9.53 Å². The van der Waals surface area contributed by atoms with Crippen LogP contribution >= 0.6 is 11.6 Å². The Kier molecular flexibility index (Phi) is 8.45. The second-order valence-corrected chi connectivity index (χ2v) is 7.63. The molecule has 2 heterocycles. The van der Waals surface area contributed by atoms with Gasteiger partial charge in [0.05, 0.1) is 42.1 Å². The van der Waals surface area contributed by atoms with Gasteiger partial charge in [0.1, 0.15) is 5.75 Å². The van der Waals surface area contributed by atoms with E-state index in [0.29, 0.717) is 49.6 Å². The molecule has 0 spiro atoms. The van der Waals surface area contributed by atoms with Crippen LogP contribution in [0.4, 0.5) is 10.5 Å². The molecule has 0 bridgehead atoms. The van der Waals surface area contributed by atoms with E-state index in [1.165, 1.54) is 24.1 Å². The van der Waals surface area contributed by atoms with E-state index in [1.54, 1.807) is 7.11 Å². The van der Waals surface area contributed by atoms with Crippen LogP contribution in [0.15, 0.2) is 12.1 Å². The van der Waals surface area contributed by atoms with Gasteiger partial charge < -0.3 is 31.3 Å². The molecule has 0 saturated carbocycles. The number of rotatable bonds is 7. The van der Waals surface area contributed by atoms with Crippen molar-refractivity contribution in [1.29, 1.82) is 0 Å². The number of hydrogen-bond donors (Lipinski definition) is 3. The highest BCUT2D eigenvalue weighted by Gasteiger charge is 2.33. The molecule has 172 valence electrons. The number of imide groups is 1. The lowest BCUT2D eigenvalue weighted by molar-refractivity contribution is -0.125. The number of benzene rings is 1. The minimum Gasteiger partial charge on any atom is -0.496 e. The lowest BCUT2D eigenvalue weighted by atomic mass is 10.0. The van der Waals surface area contributed by atoms with Gasteiger partial charge in [-0.1, -0.05) is 11.6 Å². The van der Waals surface area contributed by atoms with Crippen LogP contribution in [0.5, 0.6) is 5.75 Å². The number of anilines is 1. The minimum absolute atomic E-state index is 0. The highest BCUT2D eigenvalue weighted by atomic mass is 35.5. The summed E-state index contributed by atoms with van der Waals surface area (Å²) < 4.78 is 10.8. The van der Waals surface area contributed by atoms with Crippen molar-refractivity contribution in [2.45, 2.75) is 18.6 Å². The second-order valence-electron chi connectivity index (χ2n) is 7.22. The number of carbonyl (C=O) groups excluding carboxylic acids is 3. The molecule has 4 amide bonds. The first-order valence-corrected chi connectivity index (χ1v) is 9.99. The molecule has 2 aliphatic heterocycles. The molecule has 2 fully saturated rings. The SMILES string of the molecule is COc1cc(N)c(Cl)cc1C(=O)NC1CCN(CCN2C(=O)CNC2=O)CC1OC.O. The summed E-state index contributed by atoms with van der Waals surface area (Å²) in [5.74, 6) is -0.204. The van der Waals surface area contributed by atoms with Gasteiger partial charge in [-0.05, 0) is 12.5 Å². The lowest BCUT2D eigenvalue weighted by Gasteiger charge is -2.38. The van der Waals surface area contributed by atoms with E-state index in [-0.39, 0.29) is 47.0 Å². The number of nitrogens with two attached hydrogens (primary N) is 1. The Hall–Kier alpha value is -2.60. The predicted octanol–water partition coefficient (Wildman–Crippen LogP) is -0.523. The molecule has 2 atom stereocenters. The Bertz CT molecular complexity index is 822. The fraction of sp³-hybridized carbons (Fsp3) is 0.526. The summed E-state index contributed by atoms with van der Waals surface area (Å²) in [6, 6.07) is 2.43. The Morgan fingerprint density at radius 3 is 2.68 bits per heavy atom. The fourth-order valence-corrected chi connectivity index (χ4v) is 3.84. The standard InChI is InChI=1S/C19H26ClN5O5.H2O/c1-29-15-8-13(21)12(20)7-11(15)18(27)23-14-3-4-24(10-16(14)30-2)5-6-25-17(26)9-22-19(25)28;/h7-8,14,16H,3-6,9-10,21H2,1-2H3,(H,22,28)(H,23,27);1H2. The van der Waals surface area contributed by atoms with E-state index in [9.17, 15) is 14.4 Å². The maximum atomic E-state index is 12.8. The third-order valence-electron chi connectivity index (χ3n) is 5.40. The Morgan fingerprint density at radius 2 is 2.06 bits per heavy atom. The zero-order valence-corrected chi connectivity index (χ0v) is 18.2. The average Bonchev–Trinajstić information content (AvgIpc) is 3.06. The summed E-state index contributed by atoms with van der Waals surface area (Å²) in [4.78, 5) is 39.5. The number of nitrogens with zero attached hydrogens (tertiary/aromatic N) is 2. The van der Waals surface area contributed by atoms with Crippen molar-refractivity contribution in [2.75, 3.05) is 52.7 Å². The molecule has 2 unspecified atom stereocenters. The zero-order chi connectivity index (χ0) is 21.8. The van der Waals surface area contributed by atoms with Crippen LogP contribution < -0.4 is 21.1 Å². The molecule has 1 aromatic carbocycles. The Morgan fingerprint density at radius 1 is 1.32 bits per heavy atom. The Labute approximate surface area is 185 Å². The van der Waals surface area contributed by atoms with Crippen molar-refractivity contribution in [2.24, 2.45) is 0 Å². The first-order valence-electron chi connectivity index (χ1n) is 9.61. The Balaban J connectivity index is 0.00000341. The molecule has 31 heavy (non-hydrogen) atoms. The molecule has 0 aliphatic carbocycles. The second kappa shape index (κ2) is 10.6. The molecule has 2 aliphatic rings. The number of halogens is 1. The number of ether oxygens (including phenoxy) is 2. The van der Waals surface area contributed by atoms with Crippen molar-refractivity contribution < 1.29 is 29.3 Å². The molecule has 6 N–H and O–H groups in total. The van der Waals surface area contributed by atoms with Crippen LogP contribution in [0.25, 0.3) is 0 Å². The number of carbonyl (C=O) groups is 3. The third kappa shape index (κ3) is 5.56. The van der Waals surface area contributed by atoms with E-state index in [1.807, 2.05) is 0 Å². The predicted molar refractivity (Wildman–Crippen MR) is 114 cm³/mol. The molecule has 11 nitrogen and oxygen atoms in total. The first-order chi connectivity index (χ1) is 14.3. The van der Waals surface area contributed by atoms with Gasteiger partial charge in [-0.3, -0.25) is 19.4 Å². The van der Waals surface area contributed by atoms with Gasteiger partial charge in [0, 0.05) is 39.4 Å². The van der Waals surface area contributed by atoms with E-state index < -0.39 is 0 Å². The molecule has 1 aromatic rings. The summed E-state index contributed by atoms with van der Waals surface area (Å²) in [5.41, 5.74) is 6.41. The lowest BCUT2D eigenvalue weighted by Crippen LogP contribution is -2.55. The van der Waals surface area contributed by atoms with Crippen molar-refractivity contribution in [3.05, 3.63) is 22.7 Å². The fourth-order valence-electron chi connectivity index (χ4n) is 3.67. The van der Waals surface area contributed by atoms with Crippen LogP contribution in [0.3, 0.4) is 0 Å². The van der Waals surface area contributed by atoms with Gasteiger partial charge in [-0.2, -0.15) is 0 Å². The number of piperidine rings is 1. The van der Waals surface area contributed by atoms with E-state index in [2.05, 4.69) is 15.5 Å². The number of nitrogen functional groups attached to an aromatic ring is 1. The zero-order valence-electron chi connectivity index (χ0n) is 17.4. The summed E-state index contributed by atoms with van der Waals surface area (Å²) in [6.45, 7) is 2.16. The summed E-state index contributed by atoms with van der Waals surface area (Å²) in [5, 5.41) is 5.78. The number of hydrogen-bond acceptors (Lipinski definition) is 7. The molecule has 2 saturated heterocycles. The maximum Gasteiger partial charge on any atom is 0.324 e. The monoisotopic (exact) mass is 457 g/mol. The minimum atomic E-state index is -0.360. The highest BCUT2D eigenvalue weighted by molar-refractivity contribution is 6.33. The van der Waals surface area contributed by atoms with Crippen LogP contribution in [0.2, 0.25) is 5.02 Å². The third-order valence-corrected chi connectivity index (χ3v) is 5.73. The maximum absolute atomic E-state index is 12.8. The summed E-state index contributed by atoms with van der Waals surface area (Å²) >= 11 is 6.07. The molecule has 3 rings (SSSR count). The molecule has 0 aromatic heterocycles. The topological polar surface area (TPSA) is 158 Å². The smallest absolute Gasteiger partial charge is 0.324 e. The van der Waals surface area contributed by atoms with Crippen molar-refractivity contribution in [3.63, 3.8) is 0 Å². The average molecular weight is 458 g/mol. The van der Waals surface area contributed by atoms with Crippen LogP contribution in [0.1, 0.15) is 16.8 Å². The molecular weight excluding hydrogens is 430 g/mol. The van der Waals surface area contributed by atoms with E-state index in [4.69, 9.17) is 26.8 Å². The van der Waals surface area contributed by atoms with Gasteiger partial charge in [0.25, 0.3) is 5.91 Å². The van der Waals surface area contributed by atoms with Gasteiger partial charge in [-0.15, -0.1) is 0 Å². The first kappa shape index (κ1) is 24.7. The van der Waals surface area contributed by atoms with Crippen molar-refractivity contribution >= 4 is 35.1 Å². The normalized spacial score (nSPS) is 21.5. The number of urea groups is 1. The largest absolute Gasteiger partial charge is 0.496 e. The quantitative estimate of drug-likeness (QED) is 0.367. The van der Waals surface area contributed by atoms with Crippen molar-refractivity contribution in [1.82, 2.24) is 20.4 Å². The van der Waals surface area contributed by atoms with Gasteiger partial charge in [-0.25, -0.2) is 4.79 Å². The van der Waals surface area contributed by atoms with Crippen LogP contribution in [-0.4, -0.2) is 92.2 Å². The van der Waals surface area contributed by atoms with Gasteiger partial charge in [0.15, 0.2) is 0 Å². The summed E-state index contributed by atoms with van der Waals surface area (Å²) in [7, 11) is 3.05. The van der Waals surface area contributed by atoms with Gasteiger partial charge >= 0.3 is 6.03 Å². The number of likely N-dealkylation sites (tertiary alicyclic amines) is 1. The van der Waals surface area contributed by atoms with E-state index >= 15 is 0 Å². The summed E-state index contributed by atoms with van der Waals surface area (Å²) in [6.07, 6.45) is 0.399. The van der Waals surface area contributed by atoms with Gasteiger partial charge in [0.2, 0.25) is 5.91 Å². The van der Waals surface area contributed by atoms with E-state index in [0.717, 1.165) is 0 Å². The van der Waals surface area contributed by atoms with Crippen LogP contribution in [0, 0.1) is 0 Å².